The average Bonchev–Trinajstić information content (AvgIpc) is 2.64. The Morgan fingerprint density at radius 3 is 2.21 bits per heavy atom. The molecule has 0 radical (unpaired) electrons. The highest BCUT2D eigenvalue weighted by molar-refractivity contribution is 7.88. The first-order valence-corrected chi connectivity index (χ1v) is 13.1. The average molecular weight is 453 g/mol. The summed E-state index contributed by atoms with van der Waals surface area (Å²) in [6, 6.07) is 7.69. The van der Waals surface area contributed by atoms with Gasteiger partial charge in [0.2, 0.25) is 0 Å². The van der Waals surface area contributed by atoms with E-state index < -0.39 is 49.0 Å². The number of rotatable bonds is 7. The molecule has 162 valence electrons. The SMILES string of the molecule is [2H]C([2H])(CO[Si](C)(C)C(C)(C)C)C([2H])([2H])c1cccc2cccc(OS(=O)(=O)C(F)(F)F)c12. The van der Waals surface area contributed by atoms with Gasteiger partial charge in [0.25, 0.3) is 0 Å². The number of alkyl halides is 3. The van der Waals surface area contributed by atoms with Crippen molar-refractivity contribution in [1.29, 1.82) is 0 Å². The summed E-state index contributed by atoms with van der Waals surface area (Å²) in [6.07, 6.45) is -5.37. The maximum absolute atomic E-state index is 12.9. The van der Waals surface area contributed by atoms with Crippen LogP contribution in [0.5, 0.6) is 5.75 Å². The largest absolute Gasteiger partial charge is 0.534 e. The monoisotopic (exact) mass is 452 g/mol. The molecule has 0 saturated heterocycles. The summed E-state index contributed by atoms with van der Waals surface area (Å²) in [4.78, 5) is 0. The highest BCUT2D eigenvalue weighted by atomic mass is 32.2. The van der Waals surface area contributed by atoms with E-state index in [4.69, 9.17) is 9.91 Å². The van der Waals surface area contributed by atoms with Crippen LogP contribution in [-0.2, 0) is 20.9 Å². The molecule has 2 aromatic carbocycles. The summed E-state index contributed by atoms with van der Waals surface area (Å²) in [5.41, 5.74) is -6.04. The van der Waals surface area contributed by atoms with Crippen LogP contribution in [0.1, 0.15) is 38.2 Å². The molecule has 0 aromatic heterocycles. The summed E-state index contributed by atoms with van der Waals surface area (Å²) >= 11 is 0. The number of halogens is 3. The minimum absolute atomic E-state index is 0.187. The third-order valence-electron chi connectivity index (χ3n) is 4.88. The highest BCUT2D eigenvalue weighted by Crippen LogP contribution is 2.37. The van der Waals surface area contributed by atoms with Gasteiger partial charge in [-0.25, -0.2) is 0 Å². The van der Waals surface area contributed by atoms with Gasteiger partial charge in [-0.3, -0.25) is 0 Å². The van der Waals surface area contributed by atoms with Crippen molar-refractivity contribution in [2.75, 3.05) is 6.61 Å². The Kier molecular flexibility index (Phi) is 5.19. The third kappa shape index (κ3) is 5.52. The van der Waals surface area contributed by atoms with E-state index in [1.54, 1.807) is 0 Å². The first-order chi connectivity index (χ1) is 14.6. The van der Waals surface area contributed by atoms with Gasteiger partial charge in [0, 0.05) is 17.5 Å². The zero-order chi connectivity index (χ0) is 25.7. The summed E-state index contributed by atoms with van der Waals surface area (Å²) in [6.45, 7) is 8.99. The minimum atomic E-state index is -6.02. The predicted octanol–water partition coefficient (Wildman–Crippen LogP) is 6.02. The molecule has 0 saturated carbocycles. The summed E-state index contributed by atoms with van der Waals surface area (Å²) in [7, 11) is -8.47. The van der Waals surface area contributed by atoms with Gasteiger partial charge in [0.15, 0.2) is 14.1 Å². The van der Waals surface area contributed by atoms with E-state index in [0.29, 0.717) is 0 Å². The fourth-order valence-corrected chi connectivity index (χ4v) is 3.55. The number of aryl methyl sites for hydroxylation is 1. The Morgan fingerprint density at radius 2 is 1.66 bits per heavy atom. The van der Waals surface area contributed by atoms with Crippen LogP contribution in [0, 0.1) is 0 Å². The first-order valence-electron chi connectivity index (χ1n) is 10.8. The molecule has 0 N–H and O–H groups in total. The molecule has 29 heavy (non-hydrogen) atoms. The lowest BCUT2D eigenvalue weighted by Gasteiger charge is -2.36. The van der Waals surface area contributed by atoms with Gasteiger partial charge < -0.3 is 8.61 Å². The van der Waals surface area contributed by atoms with Crippen LogP contribution in [0.2, 0.25) is 18.1 Å². The van der Waals surface area contributed by atoms with Crippen molar-refractivity contribution >= 4 is 29.2 Å². The van der Waals surface area contributed by atoms with Gasteiger partial charge in [0.1, 0.15) is 0 Å². The van der Waals surface area contributed by atoms with Crippen molar-refractivity contribution in [2.24, 2.45) is 0 Å². The quantitative estimate of drug-likeness (QED) is 0.293. The van der Waals surface area contributed by atoms with Crippen molar-refractivity contribution in [3.8, 4) is 5.75 Å². The maximum atomic E-state index is 12.9. The molecule has 0 bridgehead atoms. The number of hydrogen-bond acceptors (Lipinski definition) is 4. The van der Waals surface area contributed by atoms with Gasteiger partial charge in [0.05, 0.1) is 0 Å². The molecule has 0 spiro atoms. The van der Waals surface area contributed by atoms with Gasteiger partial charge >= 0.3 is 15.6 Å². The second-order valence-electron chi connectivity index (χ2n) is 7.99. The van der Waals surface area contributed by atoms with E-state index in [0.717, 1.165) is 6.07 Å². The second-order valence-corrected chi connectivity index (χ2v) is 14.3. The molecule has 0 aliphatic rings. The van der Waals surface area contributed by atoms with Crippen molar-refractivity contribution in [3.05, 3.63) is 42.0 Å². The molecule has 0 aliphatic carbocycles. The molecular formula is C20H27F3O4SSi. The molecule has 9 heteroatoms. The zero-order valence-corrected chi connectivity index (χ0v) is 18.7. The molecule has 0 aliphatic heterocycles. The molecule has 0 amide bonds. The zero-order valence-electron chi connectivity index (χ0n) is 20.8. The molecule has 0 atom stereocenters. The van der Waals surface area contributed by atoms with E-state index >= 15 is 0 Å². The Balaban J connectivity index is 2.60. The molecule has 4 nitrogen and oxygen atoms in total. The molecule has 0 fully saturated rings. The van der Waals surface area contributed by atoms with E-state index in [2.05, 4.69) is 4.18 Å². The standard InChI is InChI=1S/C20H27F3O4SSi/c1-19(2,3)29(4,5)26-14-8-12-16-10-6-9-15-11-7-13-17(18(15)16)27-28(24,25)20(21,22)23/h6-7,9-11,13H,8,12,14H2,1-5H3/i8D2,12D2. The van der Waals surface area contributed by atoms with Crippen molar-refractivity contribution in [3.63, 3.8) is 0 Å². The Bertz CT molecular complexity index is 1130. The molecule has 2 aromatic rings. The van der Waals surface area contributed by atoms with Crippen molar-refractivity contribution < 1.29 is 35.7 Å². The Hall–Kier alpha value is -1.58. The van der Waals surface area contributed by atoms with Crippen LogP contribution < -0.4 is 4.18 Å². The van der Waals surface area contributed by atoms with Crippen LogP contribution >= 0.6 is 0 Å². The first kappa shape index (κ1) is 18.2. The molecule has 2 rings (SSSR count). The van der Waals surface area contributed by atoms with Gasteiger partial charge in [-0.05, 0) is 47.9 Å². The second kappa shape index (κ2) is 8.27. The number of benzene rings is 2. The third-order valence-corrected chi connectivity index (χ3v) is 10.3. The van der Waals surface area contributed by atoms with Crippen LogP contribution in [-0.4, -0.2) is 28.9 Å². The smallest absolute Gasteiger partial charge is 0.417 e. The van der Waals surface area contributed by atoms with E-state index in [1.807, 2.05) is 33.9 Å². The minimum Gasteiger partial charge on any atom is -0.417 e. The van der Waals surface area contributed by atoms with Crippen LogP contribution in [0.4, 0.5) is 13.2 Å². The van der Waals surface area contributed by atoms with Gasteiger partial charge in [-0.2, -0.15) is 21.6 Å². The highest BCUT2D eigenvalue weighted by Gasteiger charge is 2.48. The topological polar surface area (TPSA) is 52.6 Å². The van der Waals surface area contributed by atoms with Crippen LogP contribution in [0.15, 0.2) is 36.4 Å². The fraction of sp³-hybridized carbons (Fsp3) is 0.500. The summed E-state index contributed by atoms with van der Waals surface area (Å²) in [5, 5.41) is -0.344. The summed E-state index contributed by atoms with van der Waals surface area (Å²) < 4.78 is 106. The van der Waals surface area contributed by atoms with Crippen molar-refractivity contribution in [2.45, 2.75) is 57.2 Å². The number of fused-ring (bicyclic) bond motifs is 1. The lowest BCUT2D eigenvalue weighted by molar-refractivity contribution is -0.0499. The Labute approximate surface area is 176 Å². The van der Waals surface area contributed by atoms with Gasteiger partial charge in [-0.15, -0.1) is 0 Å². The summed E-state index contributed by atoms with van der Waals surface area (Å²) in [5.74, 6) is -0.745. The normalized spacial score (nSPS) is 16.7. The fourth-order valence-electron chi connectivity index (χ4n) is 2.21. The maximum Gasteiger partial charge on any atom is 0.534 e. The van der Waals surface area contributed by atoms with E-state index in [-0.39, 0.29) is 21.4 Å². The lowest BCUT2D eigenvalue weighted by atomic mass is 10.0. The molecule has 0 unspecified atom stereocenters. The van der Waals surface area contributed by atoms with E-state index in [9.17, 15) is 21.6 Å². The Morgan fingerprint density at radius 1 is 1.07 bits per heavy atom. The lowest BCUT2D eigenvalue weighted by Crippen LogP contribution is -2.41. The van der Waals surface area contributed by atoms with Crippen LogP contribution in [0.3, 0.4) is 0 Å². The van der Waals surface area contributed by atoms with Gasteiger partial charge in [-0.1, -0.05) is 51.1 Å². The number of hydrogen-bond donors (Lipinski definition) is 0. The molecular weight excluding hydrogens is 421 g/mol. The molecule has 0 heterocycles. The van der Waals surface area contributed by atoms with Crippen LogP contribution in [0.25, 0.3) is 10.8 Å². The predicted molar refractivity (Wildman–Crippen MR) is 111 cm³/mol. The van der Waals surface area contributed by atoms with E-state index in [1.165, 1.54) is 30.3 Å². The van der Waals surface area contributed by atoms with Crippen molar-refractivity contribution in [1.82, 2.24) is 0 Å².